The topological polar surface area (TPSA) is 61.6 Å². The Balaban J connectivity index is 1.52. The Bertz CT molecular complexity index is 538. The number of likely N-dealkylation sites (tertiary alicyclic amines) is 2. The van der Waals surface area contributed by atoms with Crippen molar-refractivity contribution < 1.29 is 9.90 Å². The molecule has 128 valence electrons. The summed E-state index contributed by atoms with van der Waals surface area (Å²) in [6, 6.07) is 0. The molecule has 3 rings (SSSR count). The molecule has 2 aliphatic rings. The zero-order valence-electron chi connectivity index (χ0n) is 14.1. The number of rotatable bonds is 5. The average Bonchev–Trinajstić information content (AvgIpc) is 3.16. The molecule has 2 fully saturated rings. The zero-order chi connectivity index (χ0) is 16.3. The molecule has 2 saturated heterocycles. The molecule has 6 nitrogen and oxygen atoms in total. The minimum Gasteiger partial charge on any atom is -0.387 e. The first-order chi connectivity index (χ1) is 11.1. The summed E-state index contributed by atoms with van der Waals surface area (Å²) in [5.41, 5.74) is -0.733. The third-order valence-corrected chi connectivity index (χ3v) is 5.11. The Morgan fingerprint density at radius 1 is 1.30 bits per heavy atom. The van der Waals surface area contributed by atoms with E-state index in [0.717, 1.165) is 38.3 Å². The van der Waals surface area contributed by atoms with E-state index in [2.05, 4.69) is 9.88 Å². The Labute approximate surface area is 138 Å². The second-order valence-corrected chi connectivity index (χ2v) is 7.04. The number of imidazole rings is 1. The van der Waals surface area contributed by atoms with E-state index >= 15 is 0 Å². The fourth-order valence-corrected chi connectivity index (χ4v) is 3.83. The molecular weight excluding hydrogens is 292 g/mol. The van der Waals surface area contributed by atoms with Crippen LogP contribution in [-0.4, -0.2) is 68.7 Å². The van der Waals surface area contributed by atoms with Gasteiger partial charge in [0.25, 0.3) is 0 Å². The summed E-state index contributed by atoms with van der Waals surface area (Å²) in [6.07, 6.45) is 8.27. The number of nitrogens with zero attached hydrogens (tertiary/aromatic N) is 4. The third kappa shape index (κ3) is 4.12. The number of β-amino-alcohol motifs (C(OH)–C–C–N with tert-alkyl or cyclic N) is 1. The van der Waals surface area contributed by atoms with Crippen LogP contribution >= 0.6 is 0 Å². The first-order valence-corrected chi connectivity index (χ1v) is 8.76. The lowest BCUT2D eigenvalue weighted by Crippen LogP contribution is -2.55. The molecule has 0 radical (unpaired) electrons. The molecule has 1 atom stereocenters. The van der Waals surface area contributed by atoms with E-state index in [1.54, 1.807) is 6.20 Å². The maximum absolute atomic E-state index is 12.5. The Morgan fingerprint density at radius 2 is 2.09 bits per heavy atom. The van der Waals surface area contributed by atoms with Crippen molar-refractivity contribution in [3.8, 4) is 0 Å². The van der Waals surface area contributed by atoms with Gasteiger partial charge in [-0.1, -0.05) is 0 Å². The fourth-order valence-electron chi connectivity index (χ4n) is 3.83. The highest BCUT2D eigenvalue weighted by Crippen LogP contribution is 2.24. The highest BCUT2D eigenvalue weighted by molar-refractivity contribution is 5.76. The number of aliphatic hydroxyl groups is 1. The predicted octanol–water partition coefficient (Wildman–Crippen LogP) is 1.03. The first-order valence-electron chi connectivity index (χ1n) is 8.76. The predicted molar refractivity (Wildman–Crippen MR) is 88.0 cm³/mol. The van der Waals surface area contributed by atoms with Crippen LogP contribution in [-0.2, 0) is 11.3 Å². The summed E-state index contributed by atoms with van der Waals surface area (Å²) >= 11 is 0. The van der Waals surface area contributed by atoms with Crippen molar-refractivity contribution in [2.24, 2.45) is 0 Å². The first kappa shape index (κ1) is 16.5. The van der Waals surface area contributed by atoms with Gasteiger partial charge < -0.3 is 19.5 Å². The van der Waals surface area contributed by atoms with Crippen molar-refractivity contribution in [1.82, 2.24) is 19.4 Å². The van der Waals surface area contributed by atoms with Crippen LogP contribution in [0.4, 0.5) is 0 Å². The van der Waals surface area contributed by atoms with Gasteiger partial charge in [-0.3, -0.25) is 4.79 Å². The molecule has 1 N–H and O–H groups in total. The summed E-state index contributed by atoms with van der Waals surface area (Å²) in [4.78, 5) is 20.9. The lowest BCUT2D eigenvalue weighted by atomic mass is 9.92. The van der Waals surface area contributed by atoms with Crippen LogP contribution in [0.1, 0.15) is 37.9 Å². The van der Waals surface area contributed by atoms with Gasteiger partial charge in [0.05, 0.1) is 12.1 Å². The molecule has 0 unspecified atom stereocenters. The second-order valence-electron chi connectivity index (χ2n) is 7.04. The molecule has 0 aliphatic carbocycles. The van der Waals surface area contributed by atoms with E-state index < -0.39 is 5.60 Å². The SMILES string of the molecule is Cc1nccn1CCC(=O)N1CCC[C@@](O)(CN2CCCC2)C1. The van der Waals surface area contributed by atoms with Crippen LogP contribution in [0.5, 0.6) is 0 Å². The Kier molecular flexibility index (Phi) is 5.02. The van der Waals surface area contributed by atoms with Crippen LogP contribution in [0, 0.1) is 6.92 Å². The normalized spacial score (nSPS) is 25.9. The van der Waals surface area contributed by atoms with Gasteiger partial charge in [0.2, 0.25) is 5.91 Å². The van der Waals surface area contributed by atoms with Crippen molar-refractivity contribution in [3.63, 3.8) is 0 Å². The van der Waals surface area contributed by atoms with Crippen LogP contribution in [0.15, 0.2) is 12.4 Å². The number of amides is 1. The van der Waals surface area contributed by atoms with E-state index in [9.17, 15) is 9.90 Å². The van der Waals surface area contributed by atoms with E-state index in [0.29, 0.717) is 26.1 Å². The molecule has 1 amide bonds. The lowest BCUT2D eigenvalue weighted by molar-refractivity contribution is -0.139. The lowest BCUT2D eigenvalue weighted by Gasteiger charge is -2.41. The summed E-state index contributed by atoms with van der Waals surface area (Å²) < 4.78 is 2.00. The molecule has 0 aromatic carbocycles. The Morgan fingerprint density at radius 3 is 2.78 bits per heavy atom. The van der Waals surface area contributed by atoms with Crippen molar-refractivity contribution in [3.05, 3.63) is 18.2 Å². The summed E-state index contributed by atoms with van der Waals surface area (Å²) in [5, 5.41) is 10.9. The molecule has 1 aromatic heterocycles. The molecule has 0 bridgehead atoms. The summed E-state index contributed by atoms with van der Waals surface area (Å²) in [7, 11) is 0. The number of carbonyl (C=O) groups excluding carboxylic acids is 1. The van der Waals surface area contributed by atoms with Gasteiger partial charge in [0, 0.05) is 38.4 Å². The minimum absolute atomic E-state index is 0.137. The number of carbonyl (C=O) groups is 1. The maximum Gasteiger partial charge on any atom is 0.224 e. The van der Waals surface area contributed by atoms with Crippen LogP contribution < -0.4 is 0 Å². The summed E-state index contributed by atoms with van der Waals surface area (Å²) in [5.74, 6) is 1.07. The van der Waals surface area contributed by atoms with E-state index in [1.165, 1.54) is 12.8 Å². The summed E-state index contributed by atoms with van der Waals surface area (Å²) in [6.45, 7) is 6.71. The fraction of sp³-hybridized carbons (Fsp3) is 0.765. The number of hydrogen-bond acceptors (Lipinski definition) is 4. The van der Waals surface area contributed by atoms with E-state index in [4.69, 9.17) is 0 Å². The van der Waals surface area contributed by atoms with Crippen LogP contribution in [0.3, 0.4) is 0 Å². The molecular formula is C17H28N4O2. The van der Waals surface area contributed by atoms with Gasteiger partial charge in [-0.15, -0.1) is 0 Å². The highest BCUT2D eigenvalue weighted by Gasteiger charge is 2.36. The largest absolute Gasteiger partial charge is 0.387 e. The van der Waals surface area contributed by atoms with Crippen molar-refractivity contribution in [2.45, 2.75) is 51.2 Å². The van der Waals surface area contributed by atoms with E-state index in [1.807, 2.05) is 22.6 Å². The van der Waals surface area contributed by atoms with Gasteiger partial charge >= 0.3 is 0 Å². The standard InChI is InChI=1S/C17H28N4O2/c1-15-18-7-12-20(15)11-5-16(22)21-10-4-6-17(23,14-21)13-19-8-2-3-9-19/h7,12,23H,2-6,8-11,13-14H2,1H3/t17-/m1/s1. The monoisotopic (exact) mass is 320 g/mol. The third-order valence-electron chi connectivity index (χ3n) is 5.11. The number of aryl methyl sites for hydroxylation is 2. The Hall–Kier alpha value is -1.40. The number of piperidine rings is 1. The van der Waals surface area contributed by atoms with Crippen LogP contribution in [0.25, 0.3) is 0 Å². The van der Waals surface area contributed by atoms with Gasteiger partial charge in [-0.2, -0.15) is 0 Å². The molecule has 3 heterocycles. The van der Waals surface area contributed by atoms with Crippen LogP contribution in [0.2, 0.25) is 0 Å². The molecule has 0 saturated carbocycles. The minimum atomic E-state index is -0.733. The molecule has 23 heavy (non-hydrogen) atoms. The van der Waals surface area contributed by atoms with Crippen molar-refractivity contribution >= 4 is 5.91 Å². The zero-order valence-corrected chi connectivity index (χ0v) is 14.1. The van der Waals surface area contributed by atoms with Gasteiger partial charge in [0.15, 0.2) is 0 Å². The smallest absolute Gasteiger partial charge is 0.224 e. The quantitative estimate of drug-likeness (QED) is 0.880. The van der Waals surface area contributed by atoms with Gasteiger partial charge in [-0.25, -0.2) is 4.98 Å². The molecule has 6 heteroatoms. The van der Waals surface area contributed by atoms with E-state index in [-0.39, 0.29) is 5.91 Å². The second kappa shape index (κ2) is 7.01. The molecule has 2 aliphatic heterocycles. The molecule has 1 aromatic rings. The van der Waals surface area contributed by atoms with Crippen molar-refractivity contribution in [1.29, 1.82) is 0 Å². The maximum atomic E-state index is 12.5. The van der Waals surface area contributed by atoms with Gasteiger partial charge in [0.1, 0.15) is 5.82 Å². The average molecular weight is 320 g/mol. The van der Waals surface area contributed by atoms with Crippen molar-refractivity contribution in [2.75, 3.05) is 32.7 Å². The highest BCUT2D eigenvalue weighted by atomic mass is 16.3. The number of hydrogen-bond donors (Lipinski definition) is 1. The molecule has 0 spiro atoms. The number of aromatic nitrogens is 2. The van der Waals surface area contributed by atoms with Gasteiger partial charge in [-0.05, 0) is 45.7 Å².